The summed E-state index contributed by atoms with van der Waals surface area (Å²) in [6.45, 7) is 1.75. The summed E-state index contributed by atoms with van der Waals surface area (Å²) in [5, 5.41) is 9.99. The molecule has 0 radical (unpaired) electrons. The Kier molecular flexibility index (Phi) is 4.54. The van der Waals surface area contributed by atoms with Gasteiger partial charge in [-0.2, -0.15) is 5.10 Å². The number of nitrogens with one attached hydrogen (secondary N) is 2. The van der Waals surface area contributed by atoms with Gasteiger partial charge in [0.25, 0.3) is 0 Å². The lowest BCUT2D eigenvalue weighted by atomic mass is 10.4. The maximum absolute atomic E-state index is 5.37. The van der Waals surface area contributed by atoms with Gasteiger partial charge in [-0.05, 0) is 12.1 Å². The van der Waals surface area contributed by atoms with Crippen LogP contribution >= 0.6 is 0 Å². The number of pyridine rings is 1. The second kappa shape index (κ2) is 6.61. The lowest BCUT2D eigenvalue weighted by Crippen LogP contribution is -2.05. The quantitative estimate of drug-likeness (QED) is 0.725. The number of nitrogens with zero attached hydrogens (tertiary/aromatic N) is 2. The first-order valence-corrected chi connectivity index (χ1v) is 5.68. The molecule has 18 heavy (non-hydrogen) atoms. The van der Waals surface area contributed by atoms with Crippen molar-refractivity contribution in [3.8, 4) is 5.88 Å². The summed E-state index contributed by atoms with van der Waals surface area (Å²) in [5.74, 6) is 0.596. The number of aromatic nitrogens is 3. The smallest absolute Gasteiger partial charge is 0.213 e. The van der Waals surface area contributed by atoms with Crippen LogP contribution in [0.3, 0.4) is 0 Å². The van der Waals surface area contributed by atoms with Crippen LogP contribution in [0, 0.1) is 0 Å². The molecule has 0 spiro atoms. The minimum absolute atomic E-state index is 0.504. The second-order valence-corrected chi connectivity index (χ2v) is 3.66. The van der Waals surface area contributed by atoms with Crippen LogP contribution in [-0.2, 0) is 11.3 Å². The van der Waals surface area contributed by atoms with E-state index >= 15 is 0 Å². The Balaban J connectivity index is 1.80. The molecule has 0 saturated heterocycles. The third kappa shape index (κ3) is 3.74. The van der Waals surface area contributed by atoms with Gasteiger partial charge in [0, 0.05) is 19.4 Å². The number of rotatable bonds is 7. The van der Waals surface area contributed by atoms with E-state index in [1.54, 1.807) is 19.5 Å². The molecule has 0 amide bonds. The van der Waals surface area contributed by atoms with Gasteiger partial charge in [0.05, 0.1) is 30.7 Å². The highest BCUT2D eigenvalue weighted by atomic mass is 16.5. The third-order valence-corrected chi connectivity index (χ3v) is 2.32. The Hall–Kier alpha value is -2.08. The molecule has 2 rings (SSSR count). The summed E-state index contributed by atoms with van der Waals surface area (Å²) in [6.07, 6.45) is 3.46. The van der Waals surface area contributed by atoms with Gasteiger partial charge in [-0.1, -0.05) is 0 Å². The number of ether oxygens (including phenoxy) is 2. The van der Waals surface area contributed by atoms with Crippen LogP contribution < -0.4 is 10.1 Å². The molecule has 0 aliphatic heterocycles. The Labute approximate surface area is 105 Å². The molecule has 0 fully saturated rings. The highest BCUT2D eigenvalue weighted by Gasteiger charge is 1.98. The summed E-state index contributed by atoms with van der Waals surface area (Å²) in [4.78, 5) is 4.18. The minimum atomic E-state index is 0.504. The van der Waals surface area contributed by atoms with Crippen molar-refractivity contribution in [3.05, 3.63) is 36.3 Å². The minimum Gasteiger partial charge on any atom is -0.475 e. The molecule has 2 heterocycles. The lowest BCUT2D eigenvalue weighted by Gasteiger charge is -2.07. The van der Waals surface area contributed by atoms with E-state index in [1.807, 2.05) is 18.2 Å². The zero-order chi connectivity index (χ0) is 12.6. The molecule has 2 aromatic rings. The molecule has 6 heteroatoms. The van der Waals surface area contributed by atoms with Crippen LogP contribution in [0.15, 0.2) is 30.6 Å². The van der Waals surface area contributed by atoms with Gasteiger partial charge in [-0.25, -0.2) is 4.98 Å². The number of anilines is 1. The van der Waals surface area contributed by atoms with Crippen molar-refractivity contribution in [2.75, 3.05) is 25.6 Å². The van der Waals surface area contributed by atoms with Gasteiger partial charge in [-0.15, -0.1) is 0 Å². The van der Waals surface area contributed by atoms with E-state index < -0.39 is 0 Å². The maximum Gasteiger partial charge on any atom is 0.213 e. The average Bonchev–Trinajstić information content (AvgIpc) is 2.91. The molecule has 0 aromatic carbocycles. The fourth-order valence-electron chi connectivity index (χ4n) is 1.38. The van der Waals surface area contributed by atoms with E-state index in [1.165, 1.54) is 0 Å². The largest absolute Gasteiger partial charge is 0.475 e. The molecule has 6 nitrogen and oxygen atoms in total. The monoisotopic (exact) mass is 248 g/mol. The first-order valence-electron chi connectivity index (χ1n) is 5.68. The van der Waals surface area contributed by atoms with Crippen molar-refractivity contribution in [3.63, 3.8) is 0 Å². The van der Waals surface area contributed by atoms with Crippen molar-refractivity contribution >= 4 is 5.69 Å². The van der Waals surface area contributed by atoms with E-state index in [4.69, 9.17) is 9.47 Å². The number of hydrogen-bond donors (Lipinski definition) is 2. The first-order chi connectivity index (χ1) is 8.88. The van der Waals surface area contributed by atoms with Gasteiger partial charge >= 0.3 is 0 Å². The van der Waals surface area contributed by atoms with E-state index in [2.05, 4.69) is 20.5 Å². The molecule has 0 unspecified atom stereocenters. The fraction of sp³-hybridized carbons (Fsp3) is 0.333. The third-order valence-electron chi connectivity index (χ3n) is 2.32. The predicted molar refractivity (Wildman–Crippen MR) is 67.5 cm³/mol. The van der Waals surface area contributed by atoms with Crippen molar-refractivity contribution in [1.82, 2.24) is 15.2 Å². The van der Waals surface area contributed by atoms with Crippen molar-refractivity contribution in [1.29, 1.82) is 0 Å². The van der Waals surface area contributed by atoms with Gasteiger partial charge in [0.15, 0.2) is 0 Å². The van der Waals surface area contributed by atoms with Gasteiger partial charge < -0.3 is 14.8 Å². The van der Waals surface area contributed by atoms with Gasteiger partial charge in [-0.3, -0.25) is 5.10 Å². The molecule has 0 aliphatic rings. The summed E-state index contributed by atoms with van der Waals surface area (Å²) in [7, 11) is 1.64. The first kappa shape index (κ1) is 12.4. The number of H-pyrrole nitrogens is 1. The lowest BCUT2D eigenvalue weighted by molar-refractivity contribution is 0.144. The van der Waals surface area contributed by atoms with E-state index in [-0.39, 0.29) is 0 Å². The maximum atomic E-state index is 5.37. The molecule has 0 aliphatic carbocycles. The SMILES string of the molecule is COCCOc1ccc(NCc2ccn[nH]2)cn1. The zero-order valence-electron chi connectivity index (χ0n) is 10.2. The van der Waals surface area contributed by atoms with Gasteiger partial charge in [0.1, 0.15) is 6.61 Å². The van der Waals surface area contributed by atoms with Crippen LogP contribution in [0.2, 0.25) is 0 Å². The van der Waals surface area contributed by atoms with Crippen molar-refractivity contribution in [2.24, 2.45) is 0 Å². The van der Waals surface area contributed by atoms with Crippen molar-refractivity contribution < 1.29 is 9.47 Å². The fourth-order valence-corrected chi connectivity index (χ4v) is 1.38. The van der Waals surface area contributed by atoms with Crippen LogP contribution in [-0.4, -0.2) is 35.5 Å². The summed E-state index contributed by atoms with van der Waals surface area (Å²) in [6, 6.07) is 5.67. The summed E-state index contributed by atoms with van der Waals surface area (Å²) in [5.41, 5.74) is 1.96. The molecule has 0 saturated carbocycles. The zero-order valence-corrected chi connectivity index (χ0v) is 10.2. The Morgan fingerprint density at radius 2 is 2.22 bits per heavy atom. The Morgan fingerprint density at radius 1 is 1.28 bits per heavy atom. The predicted octanol–water partition coefficient (Wildman–Crippen LogP) is 1.44. The van der Waals surface area contributed by atoms with Crippen LogP contribution in [0.5, 0.6) is 5.88 Å². The molecule has 0 bridgehead atoms. The van der Waals surface area contributed by atoms with E-state index in [0.29, 0.717) is 25.6 Å². The number of hydrogen-bond acceptors (Lipinski definition) is 5. The van der Waals surface area contributed by atoms with Crippen LogP contribution in [0.4, 0.5) is 5.69 Å². The van der Waals surface area contributed by atoms with Crippen LogP contribution in [0.25, 0.3) is 0 Å². The van der Waals surface area contributed by atoms with E-state index in [0.717, 1.165) is 11.4 Å². The summed E-state index contributed by atoms with van der Waals surface area (Å²) >= 11 is 0. The number of aromatic amines is 1. The normalized spacial score (nSPS) is 10.3. The Morgan fingerprint density at radius 3 is 2.89 bits per heavy atom. The molecule has 2 N–H and O–H groups in total. The average molecular weight is 248 g/mol. The number of methoxy groups -OCH3 is 1. The Bertz CT molecular complexity index is 442. The van der Waals surface area contributed by atoms with Crippen molar-refractivity contribution in [2.45, 2.75) is 6.54 Å². The van der Waals surface area contributed by atoms with Gasteiger partial charge in [0.2, 0.25) is 5.88 Å². The highest BCUT2D eigenvalue weighted by Crippen LogP contribution is 2.12. The molecule has 0 atom stereocenters. The molecule has 2 aromatic heterocycles. The topological polar surface area (TPSA) is 72.1 Å². The standard InChI is InChI=1S/C12H16N4O2/c1-17-6-7-18-12-3-2-10(8-14-12)13-9-11-4-5-15-16-11/h2-5,8,13H,6-7,9H2,1H3,(H,15,16). The highest BCUT2D eigenvalue weighted by molar-refractivity contribution is 5.42. The molecular weight excluding hydrogens is 232 g/mol. The second-order valence-electron chi connectivity index (χ2n) is 3.66. The van der Waals surface area contributed by atoms with Crippen LogP contribution in [0.1, 0.15) is 5.69 Å². The summed E-state index contributed by atoms with van der Waals surface area (Å²) < 4.78 is 10.3. The molecule has 96 valence electrons. The molecular formula is C12H16N4O2. The van der Waals surface area contributed by atoms with E-state index in [9.17, 15) is 0 Å².